The number of hydrogen-bond donors (Lipinski definition) is 2. The number of piperidine rings is 1. The molecule has 34 heavy (non-hydrogen) atoms. The number of carbonyl (C=O) groups excluding carboxylic acids is 1. The Morgan fingerprint density at radius 3 is 2.76 bits per heavy atom. The van der Waals surface area contributed by atoms with E-state index < -0.39 is 5.97 Å². The number of rotatable bonds is 5. The average Bonchev–Trinajstić information content (AvgIpc) is 3.56. The highest BCUT2D eigenvalue weighted by Gasteiger charge is 2.56. The molecule has 1 aliphatic carbocycles. The minimum atomic E-state index is -0.391. The summed E-state index contributed by atoms with van der Waals surface area (Å²) < 4.78 is 6.70. The molecule has 0 spiro atoms. The van der Waals surface area contributed by atoms with Crippen LogP contribution in [0.3, 0.4) is 0 Å². The first-order valence-electron chi connectivity index (χ1n) is 12.0. The van der Waals surface area contributed by atoms with Crippen LogP contribution < -0.4 is 16.2 Å². The van der Waals surface area contributed by atoms with Crippen LogP contribution in [0.2, 0.25) is 0 Å². The summed E-state index contributed by atoms with van der Waals surface area (Å²) >= 11 is 0. The van der Waals surface area contributed by atoms with Crippen LogP contribution in [0.4, 0.5) is 5.69 Å². The molecule has 2 aliphatic rings. The van der Waals surface area contributed by atoms with Gasteiger partial charge in [0.15, 0.2) is 0 Å². The van der Waals surface area contributed by atoms with Crippen molar-refractivity contribution in [1.29, 1.82) is 0 Å². The fourth-order valence-corrected chi connectivity index (χ4v) is 5.82. The van der Waals surface area contributed by atoms with Gasteiger partial charge >= 0.3 is 5.97 Å². The lowest BCUT2D eigenvalue weighted by molar-refractivity contribution is 0.0602. The summed E-state index contributed by atoms with van der Waals surface area (Å²) in [4.78, 5) is 30.9. The second-order valence-electron chi connectivity index (χ2n) is 9.89. The Morgan fingerprint density at radius 1 is 1.26 bits per heavy atom. The van der Waals surface area contributed by atoms with Crippen molar-refractivity contribution in [2.24, 2.45) is 24.8 Å². The van der Waals surface area contributed by atoms with Gasteiger partial charge in [-0.05, 0) is 68.5 Å². The normalized spacial score (nSPS) is 24.4. The maximum atomic E-state index is 13.5. The average molecular weight is 461 g/mol. The van der Waals surface area contributed by atoms with E-state index in [-0.39, 0.29) is 11.6 Å². The number of para-hydroxylation sites is 1. The summed E-state index contributed by atoms with van der Waals surface area (Å²) in [6, 6.07) is 11.1. The van der Waals surface area contributed by atoms with Gasteiger partial charge in [0.2, 0.25) is 0 Å². The number of anilines is 1. The van der Waals surface area contributed by atoms with Gasteiger partial charge in [-0.3, -0.25) is 9.36 Å². The van der Waals surface area contributed by atoms with Gasteiger partial charge in [-0.1, -0.05) is 25.1 Å². The lowest BCUT2D eigenvalue weighted by atomic mass is 9.99. The summed E-state index contributed by atoms with van der Waals surface area (Å²) in [6.07, 6.45) is 0. The first-order valence-corrected chi connectivity index (χ1v) is 12.0. The lowest BCUT2D eigenvalue weighted by Gasteiger charge is -2.20. The number of esters is 1. The first kappa shape index (κ1) is 22.6. The monoisotopic (exact) mass is 460 g/mol. The van der Waals surface area contributed by atoms with Crippen LogP contribution in [0.15, 0.2) is 41.2 Å². The number of ether oxygens (including phenoxy) is 1. The van der Waals surface area contributed by atoms with E-state index in [9.17, 15) is 9.59 Å². The van der Waals surface area contributed by atoms with Gasteiger partial charge in [-0.2, -0.15) is 0 Å². The number of methoxy groups -OCH3 is 1. The molecule has 7 heteroatoms. The molecule has 2 N–H and O–H groups in total. The molecule has 1 aliphatic heterocycles. The zero-order chi connectivity index (χ0) is 24.1. The van der Waals surface area contributed by atoms with Crippen LogP contribution in [0.1, 0.15) is 53.1 Å². The van der Waals surface area contributed by atoms with Crippen molar-refractivity contribution in [3.63, 3.8) is 0 Å². The summed E-state index contributed by atoms with van der Waals surface area (Å²) in [5.74, 6) is 2.49. The zero-order valence-corrected chi connectivity index (χ0v) is 20.4. The van der Waals surface area contributed by atoms with Crippen LogP contribution in [0.5, 0.6) is 0 Å². The van der Waals surface area contributed by atoms with E-state index in [0.717, 1.165) is 35.6 Å². The predicted octanol–water partition coefficient (Wildman–Crippen LogP) is 3.77. The smallest absolute Gasteiger partial charge is 0.339 e. The van der Waals surface area contributed by atoms with E-state index in [4.69, 9.17) is 9.72 Å². The van der Waals surface area contributed by atoms with E-state index in [1.54, 1.807) is 10.6 Å². The van der Waals surface area contributed by atoms with Crippen molar-refractivity contribution < 1.29 is 9.53 Å². The molecule has 0 bridgehead atoms. The summed E-state index contributed by atoms with van der Waals surface area (Å²) in [5, 5.41) is 7.61. The molecule has 2 fully saturated rings. The Hall–Kier alpha value is -3.19. The van der Waals surface area contributed by atoms with Crippen LogP contribution in [0, 0.1) is 24.7 Å². The van der Waals surface area contributed by atoms with E-state index in [1.807, 2.05) is 45.2 Å². The van der Waals surface area contributed by atoms with Crippen molar-refractivity contribution in [1.82, 2.24) is 14.9 Å². The maximum absolute atomic E-state index is 13.5. The van der Waals surface area contributed by atoms with Gasteiger partial charge in [0, 0.05) is 24.2 Å². The SMILES string of the molecule is COC(=O)c1ccccc1NC(C)c1cc(C)cc2c(=O)n(C)c([C@H]3[C@@H]4CNCC(C)[C@@H]43)nc12. The van der Waals surface area contributed by atoms with Crippen LogP contribution in [0.25, 0.3) is 10.9 Å². The number of nitrogens with one attached hydrogen (secondary N) is 2. The Labute approximate surface area is 199 Å². The lowest BCUT2D eigenvalue weighted by Crippen LogP contribution is -2.30. The minimum Gasteiger partial charge on any atom is -0.465 e. The third-order valence-corrected chi connectivity index (χ3v) is 7.59. The largest absolute Gasteiger partial charge is 0.465 e. The number of carbonyl (C=O) groups is 1. The molecule has 5 atom stereocenters. The second kappa shape index (κ2) is 8.55. The van der Waals surface area contributed by atoms with E-state index in [1.165, 1.54) is 7.11 Å². The van der Waals surface area contributed by atoms with Gasteiger partial charge in [-0.25, -0.2) is 9.78 Å². The Balaban J connectivity index is 1.59. The number of aryl methyl sites for hydroxylation is 1. The van der Waals surface area contributed by atoms with Gasteiger partial charge in [0.25, 0.3) is 5.56 Å². The van der Waals surface area contributed by atoms with Crippen molar-refractivity contribution in [2.75, 3.05) is 25.5 Å². The van der Waals surface area contributed by atoms with Crippen molar-refractivity contribution in [3.8, 4) is 0 Å². The van der Waals surface area contributed by atoms with Crippen LogP contribution in [-0.2, 0) is 11.8 Å². The molecular weight excluding hydrogens is 428 g/mol. The summed E-state index contributed by atoms with van der Waals surface area (Å²) in [7, 11) is 3.23. The first-order chi connectivity index (χ1) is 16.3. The zero-order valence-electron chi connectivity index (χ0n) is 20.4. The molecular formula is C27H32N4O3. The summed E-state index contributed by atoms with van der Waals surface area (Å²) in [6.45, 7) is 8.31. The highest BCUT2D eigenvalue weighted by Crippen LogP contribution is 2.58. The molecule has 1 aromatic heterocycles. The van der Waals surface area contributed by atoms with Crippen molar-refractivity contribution in [3.05, 3.63) is 69.3 Å². The van der Waals surface area contributed by atoms with E-state index in [2.05, 4.69) is 23.6 Å². The number of hydrogen-bond acceptors (Lipinski definition) is 6. The second-order valence-corrected chi connectivity index (χ2v) is 9.89. The topological polar surface area (TPSA) is 85.2 Å². The van der Waals surface area contributed by atoms with Crippen molar-refractivity contribution in [2.45, 2.75) is 32.7 Å². The highest BCUT2D eigenvalue weighted by atomic mass is 16.5. The number of fused-ring (bicyclic) bond motifs is 2. The number of aromatic nitrogens is 2. The molecule has 2 unspecified atom stereocenters. The van der Waals surface area contributed by atoms with Crippen molar-refractivity contribution >= 4 is 22.6 Å². The van der Waals surface area contributed by atoms with Gasteiger partial charge in [0.1, 0.15) is 5.82 Å². The van der Waals surface area contributed by atoms with Gasteiger partial charge < -0.3 is 15.4 Å². The molecule has 178 valence electrons. The molecule has 3 aromatic rings. The molecule has 2 aromatic carbocycles. The minimum absolute atomic E-state index is 0.00336. The third-order valence-electron chi connectivity index (χ3n) is 7.59. The standard InChI is InChI=1S/C27H32N4O3/c1-14-10-18(16(3)29-21-9-7-6-8-17(21)27(33)34-5)24-19(11-14)26(32)31(4)25(30-24)23-20-13-28-12-15(2)22(20)23/h6-11,15-16,20,22-23,28-29H,12-13H2,1-5H3/t15?,16?,20-,22+,23+/m1/s1. The maximum Gasteiger partial charge on any atom is 0.339 e. The van der Waals surface area contributed by atoms with Gasteiger partial charge in [0.05, 0.1) is 29.6 Å². The Morgan fingerprint density at radius 2 is 2.03 bits per heavy atom. The fraction of sp³-hybridized carbons (Fsp3) is 0.444. The molecule has 2 heterocycles. The molecule has 0 radical (unpaired) electrons. The number of nitrogens with zero attached hydrogens (tertiary/aromatic N) is 2. The Bertz CT molecular complexity index is 1330. The van der Waals surface area contributed by atoms with E-state index in [0.29, 0.717) is 40.3 Å². The van der Waals surface area contributed by atoms with Crippen LogP contribution >= 0.6 is 0 Å². The Kier molecular flexibility index (Phi) is 5.68. The van der Waals surface area contributed by atoms with Crippen LogP contribution in [-0.4, -0.2) is 35.7 Å². The molecule has 0 amide bonds. The van der Waals surface area contributed by atoms with Gasteiger partial charge in [-0.15, -0.1) is 0 Å². The summed E-state index contributed by atoms with van der Waals surface area (Å²) in [5.41, 5.74) is 3.85. The quantitative estimate of drug-likeness (QED) is 0.564. The molecule has 5 rings (SSSR count). The highest BCUT2D eigenvalue weighted by molar-refractivity contribution is 5.95. The molecule has 1 saturated carbocycles. The fourth-order valence-electron chi connectivity index (χ4n) is 5.82. The van der Waals surface area contributed by atoms with E-state index >= 15 is 0 Å². The number of benzene rings is 2. The molecule has 7 nitrogen and oxygen atoms in total. The molecule has 1 saturated heterocycles. The third kappa shape index (κ3) is 3.68. The predicted molar refractivity (Wildman–Crippen MR) is 133 cm³/mol.